The van der Waals surface area contributed by atoms with E-state index in [1.54, 1.807) is 0 Å². The van der Waals surface area contributed by atoms with Crippen LogP contribution in [0.2, 0.25) is 0 Å². The molecule has 1 aliphatic rings. The van der Waals surface area contributed by atoms with Crippen molar-refractivity contribution in [3.8, 4) is 0 Å². The Morgan fingerprint density at radius 3 is 2.50 bits per heavy atom. The third-order valence-corrected chi connectivity index (χ3v) is 3.17. The van der Waals surface area contributed by atoms with Gasteiger partial charge in [0.15, 0.2) is 0 Å². The zero-order valence-corrected chi connectivity index (χ0v) is 11.3. The topological polar surface area (TPSA) is 95.7 Å². The van der Waals surface area contributed by atoms with Gasteiger partial charge in [-0.25, -0.2) is 0 Å². The smallest absolute Gasteiger partial charge is 0.311 e. The van der Waals surface area contributed by atoms with Crippen molar-refractivity contribution in [2.24, 2.45) is 5.73 Å². The Kier molecular flexibility index (Phi) is 5.03. The Balaban J connectivity index is 2.45. The maximum atomic E-state index is 11.7. The molecule has 0 aromatic heterocycles. The molecule has 0 bridgehead atoms. The van der Waals surface area contributed by atoms with Gasteiger partial charge in [-0.2, -0.15) is 0 Å². The van der Waals surface area contributed by atoms with Gasteiger partial charge in [0, 0.05) is 13.6 Å². The third kappa shape index (κ3) is 4.23. The van der Waals surface area contributed by atoms with Gasteiger partial charge in [-0.15, -0.1) is 0 Å². The van der Waals surface area contributed by atoms with Crippen LogP contribution in [0, 0.1) is 0 Å². The molecule has 0 unspecified atom stereocenters. The highest BCUT2D eigenvalue weighted by molar-refractivity contribution is 7.80. The highest BCUT2D eigenvalue weighted by atomic mass is 32.1. The van der Waals surface area contributed by atoms with Crippen molar-refractivity contribution in [3.63, 3.8) is 0 Å². The number of carbonyl (C=O) groups excluding carboxylic acids is 2. The average Bonchev–Trinajstić information content (AvgIpc) is 2.71. The minimum absolute atomic E-state index is 0.00197. The Labute approximate surface area is 112 Å². The molecule has 4 N–H and O–H groups in total. The summed E-state index contributed by atoms with van der Waals surface area (Å²) in [6, 6.07) is 0. The highest BCUT2D eigenvalue weighted by Gasteiger charge is 2.34. The van der Waals surface area contributed by atoms with Gasteiger partial charge in [0.2, 0.25) is 0 Å². The fourth-order valence-corrected chi connectivity index (χ4v) is 2.19. The van der Waals surface area contributed by atoms with Gasteiger partial charge in [0.25, 0.3) is 0 Å². The number of rotatable bonds is 4. The molecule has 7 heteroatoms. The van der Waals surface area contributed by atoms with Gasteiger partial charge in [0.1, 0.15) is 0 Å². The summed E-state index contributed by atoms with van der Waals surface area (Å²) in [5.74, 6) is -1.45. The fraction of sp³-hybridized carbons (Fsp3) is 0.727. The average molecular weight is 273 g/mol. The molecule has 0 saturated heterocycles. The summed E-state index contributed by atoms with van der Waals surface area (Å²) in [6.45, 7) is 0.171. The fourth-order valence-electron chi connectivity index (χ4n) is 2.12. The van der Waals surface area contributed by atoms with Gasteiger partial charge < -0.3 is 21.1 Å². The van der Waals surface area contributed by atoms with Crippen molar-refractivity contribution in [3.05, 3.63) is 0 Å². The number of carbonyl (C=O) groups is 2. The van der Waals surface area contributed by atoms with Crippen LogP contribution in [0.3, 0.4) is 0 Å². The second-order valence-corrected chi connectivity index (χ2v) is 5.27. The van der Waals surface area contributed by atoms with Crippen LogP contribution in [-0.2, 0) is 9.59 Å². The first-order valence-electron chi connectivity index (χ1n) is 5.88. The Morgan fingerprint density at radius 1 is 1.44 bits per heavy atom. The van der Waals surface area contributed by atoms with E-state index in [0.29, 0.717) is 12.8 Å². The van der Waals surface area contributed by atoms with Crippen molar-refractivity contribution in [1.29, 1.82) is 0 Å². The summed E-state index contributed by atoms with van der Waals surface area (Å²) in [5, 5.41) is 12.5. The van der Waals surface area contributed by atoms with E-state index >= 15 is 0 Å². The van der Waals surface area contributed by atoms with E-state index in [0.717, 1.165) is 12.8 Å². The van der Waals surface area contributed by atoms with E-state index < -0.39 is 17.4 Å². The van der Waals surface area contributed by atoms with E-state index in [-0.39, 0.29) is 18.1 Å². The van der Waals surface area contributed by atoms with Crippen molar-refractivity contribution in [2.45, 2.75) is 31.3 Å². The number of thiocarbonyl (C=S) groups is 1. The predicted octanol–water partition coefficient (Wildman–Crippen LogP) is -0.848. The first kappa shape index (κ1) is 14.8. The Bertz CT molecular complexity index is 353. The first-order valence-corrected chi connectivity index (χ1v) is 6.29. The third-order valence-electron chi connectivity index (χ3n) is 3.03. The van der Waals surface area contributed by atoms with Crippen LogP contribution < -0.4 is 11.1 Å². The Morgan fingerprint density at radius 2 is 2.00 bits per heavy atom. The molecule has 2 amide bonds. The molecule has 102 valence electrons. The Hall–Kier alpha value is -1.21. The van der Waals surface area contributed by atoms with Gasteiger partial charge in [0.05, 0.1) is 17.1 Å². The standard InChI is InChI=1S/C11H19N3O3S/c1-14(7-11(17)4-2-3-5-11)10(16)9(15)13-6-8(12)18/h17H,2-7H2,1H3,(H2,12,18)(H,13,15). The van der Waals surface area contributed by atoms with E-state index in [4.69, 9.17) is 5.73 Å². The number of amides is 2. The normalized spacial score (nSPS) is 17.2. The van der Waals surface area contributed by atoms with Crippen LogP contribution in [0.15, 0.2) is 0 Å². The minimum atomic E-state index is -0.853. The lowest BCUT2D eigenvalue weighted by Gasteiger charge is -2.28. The monoisotopic (exact) mass is 273 g/mol. The SMILES string of the molecule is CN(CC1(O)CCCC1)C(=O)C(=O)NCC(N)=S. The lowest BCUT2D eigenvalue weighted by Crippen LogP contribution is -2.48. The molecule has 1 rings (SSSR count). The largest absolute Gasteiger partial charge is 0.392 e. The highest BCUT2D eigenvalue weighted by Crippen LogP contribution is 2.29. The summed E-state index contributed by atoms with van der Waals surface area (Å²) in [5.41, 5.74) is 4.37. The molecule has 1 fully saturated rings. The van der Waals surface area contributed by atoms with E-state index in [1.165, 1.54) is 11.9 Å². The maximum absolute atomic E-state index is 11.7. The van der Waals surface area contributed by atoms with Crippen LogP contribution >= 0.6 is 12.2 Å². The quantitative estimate of drug-likeness (QED) is 0.458. The van der Waals surface area contributed by atoms with E-state index in [1.807, 2.05) is 0 Å². The van der Waals surface area contributed by atoms with E-state index in [9.17, 15) is 14.7 Å². The van der Waals surface area contributed by atoms with Crippen LogP contribution in [-0.4, -0.2) is 52.5 Å². The second-order valence-electron chi connectivity index (χ2n) is 4.74. The number of nitrogens with zero attached hydrogens (tertiary/aromatic N) is 1. The molecule has 6 nitrogen and oxygen atoms in total. The molecular weight excluding hydrogens is 254 g/mol. The van der Waals surface area contributed by atoms with Gasteiger partial charge in [-0.05, 0) is 12.8 Å². The number of likely N-dealkylation sites (N-methyl/N-ethyl adjacent to an activating group) is 1. The molecule has 0 aromatic rings. The summed E-state index contributed by atoms with van der Waals surface area (Å²) in [6.07, 6.45) is 3.23. The molecular formula is C11H19N3O3S. The number of aliphatic hydroxyl groups is 1. The summed E-state index contributed by atoms with van der Waals surface area (Å²) in [4.78, 5) is 24.5. The molecule has 18 heavy (non-hydrogen) atoms. The molecule has 0 atom stereocenters. The molecule has 0 aliphatic heterocycles. The summed E-state index contributed by atoms with van der Waals surface area (Å²) >= 11 is 4.60. The molecule has 0 spiro atoms. The van der Waals surface area contributed by atoms with Crippen LogP contribution in [0.5, 0.6) is 0 Å². The van der Waals surface area contributed by atoms with Crippen molar-refractivity contribution in [1.82, 2.24) is 10.2 Å². The minimum Gasteiger partial charge on any atom is -0.392 e. The lowest BCUT2D eigenvalue weighted by atomic mass is 10.0. The van der Waals surface area contributed by atoms with Crippen LogP contribution in [0.1, 0.15) is 25.7 Å². The number of nitrogens with two attached hydrogens (primary N) is 1. The number of hydrogen-bond acceptors (Lipinski definition) is 4. The van der Waals surface area contributed by atoms with Crippen molar-refractivity contribution >= 4 is 29.0 Å². The lowest BCUT2D eigenvalue weighted by molar-refractivity contribution is -0.146. The molecule has 1 aliphatic carbocycles. The molecule has 1 saturated carbocycles. The summed E-state index contributed by atoms with van der Waals surface area (Å²) < 4.78 is 0. The van der Waals surface area contributed by atoms with Crippen molar-refractivity contribution in [2.75, 3.05) is 20.1 Å². The first-order chi connectivity index (χ1) is 8.34. The van der Waals surface area contributed by atoms with Gasteiger partial charge in [-0.1, -0.05) is 25.1 Å². The predicted molar refractivity (Wildman–Crippen MR) is 70.8 cm³/mol. The number of hydrogen-bond donors (Lipinski definition) is 3. The van der Waals surface area contributed by atoms with E-state index in [2.05, 4.69) is 17.5 Å². The number of nitrogens with one attached hydrogen (secondary N) is 1. The molecule has 0 heterocycles. The van der Waals surface area contributed by atoms with Gasteiger partial charge >= 0.3 is 11.8 Å². The zero-order valence-electron chi connectivity index (χ0n) is 10.4. The summed E-state index contributed by atoms with van der Waals surface area (Å²) in [7, 11) is 1.50. The van der Waals surface area contributed by atoms with Crippen LogP contribution in [0.4, 0.5) is 0 Å². The molecule has 0 aromatic carbocycles. The van der Waals surface area contributed by atoms with Crippen LogP contribution in [0.25, 0.3) is 0 Å². The zero-order chi connectivity index (χ0) is 13.8. The second kappa shape index (κ2) is 6.10. The molecule has 0 radical (unpaired) electrons. The maximum Gasteiger partial charge on any atom is 0.311 e. The van der Waals surface area contributed by atoms with Crippen molar-refractivity contribution < 1.29 is 14.7 Å². The van der Waals surface area contributed by atoms with Gasteiger partial charge in [-0.3, -0.25) is 9.59 Å².